The number of carbonyl (C=O) groups is 1. The van der Waals surface area contributed by atoms with Crippen LogP contribution < -0.4 is 9.80 Å². The Bertz CT molecular complexity index is 789. The summed E-state index contributed by atoms with van der Waals surface area (Å²) in [6.07, 6.45) is 3.96. The average molecular weight is 358 g/mol. The van der Waals surface area contributed by atoms with Gasteiger partial charge in [-0.05, 0) is 18.6 Å². The third kappa shape index (κ3) is 3.65. The normalized spacial score (nSPS) is 19.7. The first kappa shape index (κ1) is 18.2. The van der Waals surface area contributed by atoms with Crippen molar-refractivity contribution >= 4 is 17.5 Å². The second-order valence-electron chi connectivity index (χ2n) is 7.19. The first-order valence-corrected chi connectivity index (χ1v) is 8.62. The fourth-order valence-electron chi connectivity index (χ4n) is 3.33. The number of amides is 1. The number of hydrogen-bond donors (Lipinski definition) is 1. The Morgan fingerprint density at radius 3 is 2.77 bits per heavy atom. The number of rotatable bonds is 5. The van der Waals surface area contributed by atoms with Gasteiger partial charge in [0.15, 0.2) is 0 Å². The maximum Gasteiger partial charge on any atom is 0.270 e. The molecule has 2 aromatic rings. The number of aryl methyl sites for hydroxylation is 1. The van der Waals surface area contributed by atoms with E-state index in [1.165, 1.54) is 6.33 Å². The van der Waals surface area contributed by atoms with Gasteiger partial charge in [-0.2, -0.15) is 0 Å². The predicted molar refractivity (Wildman–Crippen MR) is 101 cm³/mol. The van der Waals surface area contributed by atoms with Gasteiger partial charge in [-0.1, -0.05) is 0 Å². The Morgan fingerprint density at radius 1 is 1.35 bits per heavy atom. The second kappa shape index (κ2) is 6.95. The van der Waals surface area contributed by atoms with Gasteiger partial charge >= 0.3 is 0 Å². The molecule has 1 atom stereocenters. The minimum absolute atomic E-state index is 0.0960. The molecule has 0 bridgehead atoms. The molecule has 1 unspecified atom stereocenters. The van der Waals surface area contributed by atoms with Gasteiger partial charge < -0.3 is 24.4 Å². The molecule has 1 amide bonds. The molecule has 1 fully saturated rings. The van der Waals surface area contributed by atoms with Gasteiger partial charge in [0.25, 0.3) is 5.91 Å². The first-order chi connectivity index (χ1) is 12.3. The molecular formula is C18H26N6O2. The zero-order valence-corrected chi connectivity index (χ0v) is 15.8. The molecule has 2 aromatic heterocycles. The lowest BCUT2D eigenvalue weighted by Crippen LogP contribution is -2.46. The van der Waals surface area contributed by atoms with E-state index in [9.17, 15) is 9.90 Å². The fourth-order valence-corrected chi connectivity index (χ4v) is 3.33. The molecule has 1 aliphatic rings. The molecule has 1 saturated heterocycles. The highest BCUT2D eigenvalue weighted by atomic mass is 16.3. The maximum atomic E-state index is 12.6. The van der Waals surface area contributed by atoms with E-state index in [4.69, 9.17) is 0 Å². The van der Waals surface area contributed by atoms with Crippen LogP contribution in [0, 0.1) is 0 Å². The molecule has 1 N–H and O–H groups in total. The van der Waals surface area contributed by atoms with E-state index in [0.717, 1.165) is 11.6 Å². The van der Waals surface area contributed by atoms with Gasteiger partial charge in [0, 0.05) is 53.5 Å². The number of likely N-dealkylation sites (N-methyl/N-ethyl adjacent to an activating group) is 1. The lowest BCUT2D eigenvalue weighted by atomic mass is 10.0. The summed E-state index contributed by atoms with van der Waals surface area (Å²) in [7, 11) is 7.42. The lowest BCUT2D eigenvalue weighted by Gasteiger charge is -2.29. The lowest BCUT2D eigenvalue weighted by molar-refractivity contribution is 0.0260. The number of β-amino-alcohol motifs (C(OH)–C–C–N with tert-alkyl or cyclic N) is 1. The molecule has 8 heteroatoms. The third-order valence-electron chi connectivity index (χ3n) is 4.79. The van der Waals surface area contributed by atoms with Crippen LogP contribution >= 0.6 is 0 Å². The zero-order valence-electron chi connectivity index (χ0n) is 15.8. The van der Waals surface area contributed by atoms with Crippen molar-refractivity contribution in [1.29, 1.82) is 0 Å². The highest BCUT2D eigenvalue weighted by Crippen LogP contribution is 2.27. The van der Waals surface area contributed by atoms with Gasteiger partial charge in [-0.3, -0.25) is 4.79 Å². The first-order valence-electron chi connectivity index (χ1n) is 8.62. The van der Waals surface area contributed by atoms with Gasteiger partial charge in [0.1, 0.15) is 29.3 Å². The standard InChI is InChI=1S/C18H26N6O2/c1-21(2)15-10-16(20-13-19-15)24-9-7-18(26,12-24)11-23(4)17(25)14-6-5-8-22(14)3/h5-6,8,10,13,26H,7,9,11-12H2,1-4H3. The highest BCUT2D eigenvalue weighted by molar-refractivity contribution is 5.92. The van der Waals surface area contributed by atoms with Crippen LogP contribution in [0.5, 0.6) is 0 Å². The van der Waals surface area contributed by atoms with Crippen molar-refractivity contribution in [2.75, 3.05) is 50.6 Å². The van der Waals surface area contributed by atoms with E-state index in [1.807, 2.05) is 49.3 Å². The molecule has 1 aliphatic heterocycles. The smallest absolute Gasteiger partial charge is 0.270 e. The van der Waals surface area contributed by atoms with Crippen molar-refractivity contribution in [2.45, 2.75) is 12.0 Å². The highest BCUT2D eigenvalue weighted by Gasteiger charge is 2.38. The van der Waals surface area contributed by atoms with Crippen molar-refractivity contribution in [2.24, 2.45) is 7.05 Å². The average Bonchev–Trinajstić information content (AvgIpc) is 3.20. The largest absolute Gasteiger partial charge is 0.386 e. The van der Waals surface area contributed by atoms with Gasteiger partial charge in [-0.25, -0.2) is 9.97 Å². The van der Waals surface area contributed by atoms with Crippen molar-refractivity contribution in [3.63, 3.8) is 0 Å². The van der Waals surface area contributed by atoms with E-state index < -0.39 is 5.60 Å². The van der Waals surface area contributed by atoms with Gasteiger partial charge in [-0.15, -0.1) is 0 Å². The molecule has 0 saturated carbocycles. The van der Waals surface area contributed by atoms with E-state index in [2.05, 4.69) is 9.97 Å². The van der Waals surface area contributed by atoms with Gasteiger partial charge in [0.05, 0.1) is 6.54 Å². The summed E-state index contributed by atoms with van der Waals surface area (Å²) in [4.78, 5) is 26.7. The van der Waals surface area contributed by atoms with Crippen molar-refractivity contribution in [3.8, 4) is 0 Å². The molecule has 0 spiro atoms. The van der Waals surface area contributed by atoms with Crippen LogP contribution in [0.2, 0.25) is 0 Å². The molecule has 8 nitrogen and oxygen atoms in total. The van der Waals surface area contributed by atoms with E-state index in [-0.39, 0.29) is 12.5 Å². The maximum absolute atomic E-state index is 12.6. The van der Waals surface area contributed by atoms with E-state index >= 15 is 0 Å². The Balaban J connectivity index is 1.68. The molecule has 26 heavy (non-hydrogen) atoms. The molecule has 3 heterocycles. The van der Waals surface area contributed by atoms with Crippen molar-refractivity contribution < 1.29 is 9.90 Å². The SMILES string of the molecule is CN(CC1(O)CCN(c2cc(N(C)C)ncn2)C1)C(=O)c1cccn1C. The monoisotopic (exact) mass is 358 g/mol. The van der Waals surface area contributed by atoms with Crippen LogP contribution in [0.1, 0.15) is 16.9 Å². The van der Waals surface area contributed by atoms with Crippen molar-refractivity contribution in [3.05, 3.63) is 36.4 Å². The minimum Gasteiger partial charge on any atom is -0.386 e. The predicted octanol–water partition coefficient (Wildman–Crippen LogP) is 0.594. The summed E-state index contributed by atoms with van der Waals surface area (Å²) < 4.78 is 1.79. The second-order valence-corrected chi connectivity index (χ2v) is 7.19. The molecule has 140 valence electrons. The quantitative estimate of drug-likeness (QED) is 0.843. The molecule has 3 rings (SSSR count). The number of carbonyl (C=O) groups excluding carboxylic acids is 1. The fraction of sp³-hybridized carbons (Fsp3) is 0.500. The van der Waals surface area contributed by atoms with Crippen molar-refractivity contribution in [1.82, 2.24) is 19.4 Å². The number of anilines is 2. The Hall–Kier alpha value is -2.61. The molecule has 0 radical (unpaired) electrons. The van der Waals surface area contributed by atoms with Crippen LogP contribution in [0.3, 0.4) is 0 Å². The number of nitrogens with zero attached hydrogens (tertiary/aromatic N) is 6. The number of hydrogen-bond acceptors (Lipinski definition) is 6. The minimum atomic E-state index is -0.960. The Kier molecular flexibility index (Phi) is 4.86. The third-order valence-corrected chi connectivity index (χ3v) is 4.79. The van der Waals surface area contributed by atoms with Crippen LogP contribution in [0.25, 0.3) is 0 Å². The summed E-state index contributed by atoms with van der Waals surface area (Å²) >= 11 is 0. The van der Waals surface area contributed by atoms with Crippen LogP contribution in [-0.2, 0) is 7.05 Å². The number of aromatic nitrogens is 3. The zero-order chi connectivity index (χ0) is 18.9. The summed E-state index contributed by atoms with van der Waals surface area (Å²) in [5.74, 6) is 1.51. The molecule has 0 aromatic carbocycles. The summed E-state index contributed by atoms with van der Waals surface area (Å²) in [5, 5.41) is 11.0. The molecule has 0 aliphatic carbocycles. The van der Waals surface area contributed by atoms with E-state index in [1.54, 1.807) is 22.6 Å². The summed E-state index contributed by atoms with van der Waals surface area (Å²) in [6.45, 7) is 1.40. The number of aliphatic hydroxyl groups is 1. The topological polar surface area (TPSA) is 77.7 Å². The Morgan fingerprint density at radius 2 is 2.12 bits per heavy atom. The van der Waals surface area contributed by atoms with Gasteiger partial charge in [0.2, 0.25) is 0 Å². The van der Waals surface area contributed by atoms with Crippen LogP contribution in [0.15, 0.2) is 30.7 Å². The van der Waals surface area contributed by atoms with E-state index in [0.29, 0.717) is 25.2 Å². The summed E-state index contributed by atoms with van der Waals surface area (Å²) in [5.41, 5.74) is -0.351. The van der Waals surface area contributed by atoms with Crippen LogP contribution in [-0.4, -0.2) is 76.8 Å². The van der Waals surface area contributed by atoms with Crippen LogP contribution in [0.4, 0.5) is 11.6 Å². The summed E-state index contributed by atoms with van der Waals surface area (Å²) in [6, 6.07) is 5.53. The Labute approximate surface area is 153 Å². The molecular weight excluding hydrogens is 332 g/mol.